The molecular formula is C14H21ClN4S. The largest absolute Gasteiger partial charge is 0.375 e. The summed E-state index contributed by atoms with van der Waals surface area (Å²) in [4.78, 5) is 7.45. The number of thiazole rings is 1. The van der Waals surface area contributed by atoms with E-state index in [0.717, 1.165) is 13.1 Å². The standard InChI is InChI=1S/C14H20N4S.ClH/c1-18(2)13(11-6-4-3-5-7-11)10-16-8-12-9-17-14(15)19-12;/h3-7,9,13,16H,8,10H2,1-2H3,(H2,15,17);1H. The highest BCUT2D eigenvalue weighted by Gasteiger charge is 2.13. The minimum Gasteiger partial charge on any atom is -0.375 e. The summed E-state index contributed by atoms with van der Waals surface area (Å²) in [5.41, 5.74) is 6.94. The van der Waals surface area contributed by atoms with Crippen molar-refractivity contribution in [3.8, 4) is 0 Å². The number of nitrogens with zero attached hydrogens (tertiary/aromatic N) is 2. The van der Waals surface area contributed by atoms with Crippen molar-refractivity contribution in [3.63, 3.8) is 0 Å². The number of nitrogens with two attached hydrogens (primary N) is 1. The molecule has 1 unspecified atom stereocenters. The van der Waals surface area contributed by atoms with Crippen LogP contribution in [0.1, 0.15) is 16.5 Å². The fraction of sp³-hybridized carbons (Fsp3) is 0.357. The Morgan fingerprint density at radius 1 is 1.30 bits per heavy atom. The minimum atomic E-state index is 0. The zero-order valence-corrected chi connectivity index (χ0v) is 13.4. The summed E-state index contributed by atoms with van der Waals surface area (Å²) in [6.07, 6.45) is 1.83. The molecule has 0 amide bonds. The molecule has 1 aromatic carbocycles. The SMILES string of the molecule is CN(C)C(CNCc1cnc(N)s1)c1ccccc1.Cl. The lowest BCUT2D eigenvalue weighted by molar-refractivity contribution is 0.288. The number of hydrogen-bond donors (Lipinski definition) is 2. The molecular weight excluding hydrogens is 292 g/mol. The van der Waals surface area contributed by atoms with E-state index in [1.54, 1.807) is 0 Å². The number of nitrogens with one attached hydrogen (secondary N) is 1. The number of rotatable bonds is 6. The summed E-state index contributed by atoms with van der Waals surface area (Å²) in [7, 11) is 4.20. The zero-order chi connectivity index (χ0) is 13.7. The third-order valence-electron chi connectivity index (χ3n) is 3.02. The second-order valence-electron chi connectivity index (χ2n) is 4.69. The number of aromatic nitrogens is 1. The Bertz CT molecular complexity index is 501. The van der Waals surface area contributed by atoms with Crippen LogP contribution in [0.3, 0.4) is 0 Å². The molecule has 0 saturated carbocycles. The number of halogens is 1. The van der Waals surface area contributed by atoms with Gasteiger partial charge in [0.15, 0.2) is 5.13 Å². The van der Waals surface area contributed by atoms with Crippen LogP contribution in [0, 0.1) is 0 Å². The lowest BCUT2D eigenvalue weighted by atomic mass is 10.1. The highest BCUT2D eigenvalue weighted by molar-refractivity contribution is 7.15. The lowest BCUT2D eigenvalue weighted by Crippen LogP contribution is -2.30. The van der Waals surface area contributed by atoms with Crippen LogP contribution in [0.25, 0.3) is 0 Å². The lowest BCUT2D eigenvalue weighted by Gasteiger charge is -2.25. The highest BCUT2D eigenvalue weighted by Crippen LogP contribution is 2.18. The van der Waals surface area contributed by atoms with Gasteiger partial charge in [-0.2, -0.15) is 0 Å². The summed E-state index contributed by atoms with van der Waals surface area (Å²) in [5, 5.41) is 4.10. The number of nitrogen functional groups attached to an aromatic ring is 1. The first-order valence-corrected chi connectivity index (χ1v) is 7.10. The average Bonchev–Trinajstić information content (AvgIpc) is 2.81. The van der Waals surface area contributed by atoms with E-state index in [2.05, 4.69) is 53.6 Å². The molecule has 3 N–H and O–H groups in total. The molecule has 4 nitrogen and oxygen atoms in total. The van der Waals surface area contributed by atoms with Crippen molar-refractivity contribution < 1.29 is 0 Å². The van der Waals surface area contributed by atoms with Crippen LogP contribution < -0.4 is 11.1 Å². The molecule has 0 aliphatic rings. The van der Waals surface area contributed by atoms with Gasteiger partial charge in [0.25, 0.3) is 0 Å². The maximum absolute atomic E-state index is 5.62. The third-order valence-corrected chi connectivity index (χ3v) is 3.84. The summed E-state index contributed by atoms with van der Waals surface area (Å²) < 4.78 is 0. The third kappa shape index (κ3) is 4.76. The fourth-order valence-electron chi connectivity index (χ4n) is 2.01. The Labute approximate surface area is 130 Å². The van der Waals surface area contributed by atoms with Gasteiger partial charge in [0.1, 0.15) is 0 Å². The van der Waals surface area contributed by atoms with Crippen molar-refractivity contribution in [2.75, 3.05) is 26.4 Å². The van der Waals surface area contributed by atoms with Gasteiger partial charge in [-0.1, -0.05) is 30.3 Å². The van der Waals surface area contributed by atoms with Crippen molar-refractivity contribution in [3.05, 3.63) is 47.0 Å². The summed E-state index contributed by atoms with van der Waals surface area (Å²) >= 11 is 1.53. The molecule has 20 heavy (non-hydrogen) atoms. The van der Waals surface area contributed by atoms with E-state index in [0.29, 0.717) is 11.2 Å². The Morgan fingerprint density at radius 3 is 2.55 bits per heavy atom. The second-order valence-corrected chi connectivity index (χ2v) is 5.83. The molecule has 2 rings (SSSR count). The Balaban J connectivity index is 0.00000200. The Morgan fingerprint density at radius 2 is 2.00 bits per heavy atom. The van der Waals surface area contributed by atoms with Gasteiger partial charge in [0, 0.05) is 30.2 Å². The number of benzene rings is 1. The normalized spacial score (nSPS) is 12.2. The molecule has 0 bridgehead atoms. The molecule has 110 valence electrons. The predicted octanol–water partition coefficient (Wildman–Crippen LogP) is 2.54. The Kier molecular flexibility index (Phi) is 6.95. The molecule has 0 spiro atoms. The minimum absolute atomic E-state index is 0. The van der Waals surface area contributed by atoms with Gasteiger partial charge < -0.3 is 16.0 Å². The molecule has 1 aromatic heterocycles. The molecule has 1 atom stereocenters. The smallest absolute Gasteiger partial charge is 0.180 e. The molecule has 0 aliphatic carbocycles. The molecule has 0 saturated heterocycles. The predicted molar refractivity (Wildman–Crippen MR) is 88.4 cm³/mol. The summed E-state index contributed by atoms with van der Waals surface area (Å²) in [5.74, 6) is 0. The van der Waals surface area contributed by atoms with Crippen molar-refractivity contribution >= 4 is 28.9 Å². The van der Waals surface area contributed by atoms with Crippen LogP contribution in [0.2, 0.25) is 0 Å². The number of hydrogen-bond acceptors (Lipinski definition) is 5. The van der Waals surface area contributed by atoms with Crippen LogP contribution in [0.15, 0.2) is 36.5 Å². The van der Waals surface area contributed by atoms with Crippen LogP contribution in [0.5, 0.6) is 0 Å². The summed E-state index contributed by atoms with van der Waals surface area (Å²) in [6.45, 7) is 1.71. The van der Waals surface area contributed by atoms with Crippen LogP contribution >= 0.6 is 23.7 Å². The van der Waals surface area contributed by atoms with Crippen molar-refractivity contribution in [2.24, 2.45) is 0 Å². The monoisotopic (exact) mass is 312 g/mol. The average molecular weight is 313 g/mol. The van der Waals surface area contributed by atoms with E-state index >= 15 is 0 Å². The van der Waals surface area contributed by atoms with E-state index < -0.39 is 0 Å². The summed E-state index contributed by atoms with van der Waals surface area (Å²) in [6, 6.07) is 10.9. The molecule has 1 heterocycles. The van der Waals surface area contributed by atoms with Gasteiger partial charge in [0.2, 0.25) is 0 Å². The van der Waals surface area contributed by atoms with Gasteiger partial charge >= 0.3 is 0 Å². The molecule has 2 aromatic rings. The first-order chi connectivity index (χ1) is 9.16. The fourth-order valence-corrected chi connectivity index (χ4v) is 2.66. The number of likely N-dealkylation sites (N-methyl/N-ethyl adjacent to an activating group) is 1. The van der Waals surface area contributed by atoms with Gasteiger partial charge in [-0.25, -0.2) is 4.98 Å². The molecule has 0 fully saturated rings. The van der Waals surface area contributed by atoms with Gasteiger partial charge in [0.05, 0.1) is 0 Å². The van der Waals surface area contributed by atoms with Gasteiger partial charge in [-0.3, -0.25) is 0 Å². The highest BCUT2D eigenvalue weighted by atomic mass is 35.5. The van der Waals surface area contributed by atoms with Crippen molar-refractivity contribution in [1.82, 2.24) is 15.2 Å². The van der Waals surface area contributed by atoms with Crippen molar-refractivity contribution in [1.29, 1.82) is 0 Å². The topological polar surface area (TPSA) is 54.2 Å². The van der Waals surface area contributed by atoms with Crippen LogP contribution in [-0.4, -0.2) is 30.5 Å². The first kappa shape index (κ1) is 16.9. The molecule has 6 heteroatoms. The number of anilines is 1. The second kappa shape index (κ2) is 8.21. The van der Waals surface area contributed by atoms with E-state index in [4.69, 9.17) is 5.73 Å². The molecule has 0 aliphatic heterocycles. The maximum Gasteiger partial charge on any atom is 0.180 e. The van der Waals surface area contributed by atoms with E-state index in [1.165, 1.54) is 21.8 Å². The first-order valence-electron chi connectivity index (χ1n) is 6.29. The molecule has 0 radical (unpaired) electrons. The zero-order valence-electron chi connectivity index (χ0n) is 11.7. The van der Waals surface area contributed by atoms with Crippen LogP contribution in [-0.2, 0) is 6.54 Å². The van der Waals surface area contributed by atoms with E-state index in [9.17, 15) is 0 Å². The van der Waals surface area contributed by atoms with E-state index in [-0.39, 0.29) is 12.4 Å². The Hall–Kier alpha value is -1.14. The van der Waals surface area contributed by atoms with Gasteiger partial charge in [-0.05, 0) is 19.7 Å². The maximum atomic E-state index is 5.62. The van der Waals surface area contributed by atoms with Gasteiger partial charge in [-0.15, -0.1) is 23.7 Å². The van der Waals surface area contributed by atoms with E-state index in [1.807, 2.05) is 12.3 Å². The van der Waals surface area contributed by atoms with Crippen LogP contribution in [0.4, 0.5) is 5.13 Å². The van der Waals surface area contributed by atoms with Crippen molar-refractivity contribution in [2.45, 2.75) is 12.6 Å². The quantitative estimate of drug-likeness (QED) is 0.860.